The van der Waals surface area contributed by atoms with Gasteiger partial charge < -0.3 is 4.90 Å². The third-order valence-corrected chi connectivity index (χ3v) is 3.19. The molecular formula is C11H19N3. The molecule has 0 saturated carbocycles. The summed E-state index contributed by atoms with van der Waals surface area (Å²) in [4.78, 5) is 2.42. The number of likely N-dealkylation sites (N-methyl/N-ethyl adjacent to an activating group) is 1. The number of hydrogen-bond donors (Lipinski definition) is 0. The first-order chi connectivity index (χ1) is 6.68. The van der Waals surface area contributed by atoms with Crippen LogP contribution < -0.4 is 0 Å². The SMILES string of the molecule is Cc1cnn(C)c1C1CCCN(C)C1. The second-order valence-electron chi connectivity index (χ2n) is 4.44. The second-order valence-corrected chi connectivity index (χ2v) is 4.44. The minimum Gasteiger partial charge on any atom is -0.306 e. The molecule has 3 heteroatoms. The van der Waals surface area contributed by atoms with E-state index < -0.39 is 0 Å². The Labute approximate surface area is 85.7 Å². The Morgan fingerprint density at radius 1 is 1.43 bits per heavy atom. The Bertz CT molecular complexity index is 297. The summed E-state index contributed by atoms with van der Waals surface area (Å²) in [5.41, 5.74) is 2.77. The van der Waals surface area contributed by atoms with Crippen LogP contribution in [0.25, 0.3) is 0 Å². The zero-order valence-corrected chi connectivity index (χ0v) is 9.32. The van der Waals surface area contributed by atoms with Crippen LogP contribution >= 0.6 is 0 Å². The number of rotatable bonds is 1. The van der Waals surface area contributed by atoms with Gasteiger partial charge in [0.2, 0.25) is 0 Å². The standard InChI is InChI=1S/C11H19N3/c1-9-7-12-14(3)11(9)10-5-4-6-13(2)8-10/h7,10H,4-6,8H2,1-3H3. The van der Waals surface area contributed by atoms with Crippen molar-refractivity contribution in [3.63, 3.8) is 0 Å². The van der Waals surface area contributed by atoms with E-state index in [1.807, 2.05) is 10.9 Å². The first-order valence-corrected chi connectivity index (χ1v) is 5.35. The zero-order chi connectivity index (χ0) is 10.1. The highest BCUT2D eigenvalue weighted by molar-refractivity contribution is 5.20. The molecular weight excluding hydrogens is 174 g/mol. The van der Waals surface area contributed by atoms with Crippen LogP contribution in [-0.4, -0.2) is 34.8 Å². The molecule has 1 aliphatic rings. The Morgan fingerprint density at radius 3 is 2.79 bits per heavy atom. The van der Waals surface area contributed by atoms with E-state index in [9.17, 15) is 0 Å². The molecule has 1 unspecified atom stereocenters. The molecule has 1 aromatic rings. The number of piperidine rings is 1. The third-order valence-electron chi connectivity index (χ3n) is 3.19. The molecule has 78 valence electrons. The fraction of sp³-hybridized carbons (Fsp3) is 0.727. The largest absolute Gasteiger partial charge is 0.306 e. The van der Waals surface area contributed by atoms with E-state index >= 15 is 0 Å². The highest BCUT2D eigenvalue weighted by Crippen LogP contribution is 2.27. The summed E-state index contributed by atoms with van der Waals surface area (Å²) in [5.74, 6) is 0.682. The minimum atomic E-state index is 0.682. The van der Waals surface area contributed by atoms with Crippen LogP contribution in [0.3, 0.4) is 0 Å². The predicted octanol–water partition coefficient (Wildman–Crippen LogP) is 1.54. The smallest absolute Gasteiger partial charge is 0.0521 e. The van der Waals surface area contributed by atoms with E-state index in [1.165, 1.54) is 37.2 Å². The molecule has 3 nitrogen and oxygen atoms in total. The van der Waals surface area contributed by atoms with E-state index in [1.54, 1.807) is 0 Å². The molecule has 2 heterocycles. The van der Waals surface area contributed by atoms with Gasteiger partial charge in [-0.15, -0.1) is 0 Å². The van der Waals surface area contributed by atoms with Crippen molar-refractivity contribution in [3.8, 4) is 0 Å². The van der Waals surface area contributed by atoms with Gasteiger partial charge in [0.1, 0.15) is 0 Å². The van der Waals surface area contributed by atoms with Crippen molar-refractivity contribution in [1.82, 2.24) is 14.7 Å². The van der Waals surface area contributed by atoms with Crippen molar-refractivity contribution < 1.29 is 0 Å². The number of nitrogens with zero attached hydrogens (tertiary/aromatic N) is 3. The van der Waals surface area contributed by atoms with E-state index in [2.05, 4.69) is 31.0 Å². The molecule has 14 heavy (non-hydrogen) atoms. The maximum atomic E-state index is 4.31. The summed E-state index contributed by atoms with van der Waals surface area (Å²) >= 11 is 0. The monoisotopic (exact) mass is 193 g/mol. The van der Waals surface area contributed by atoms with Gasteiger partial charge in [-0.25, -0.2) is 0 Å². The van der Waals surface area contributed by atoms with Crippen LogP contribution in [0.4, 0.5) is 0 Å². The van der Waals surface area contributed by atoms with Gasteiger partial charge in [0.15, 0.2) is 0 Å². The molecule has 1 aromatic heterocycles. The van der Waals surface area contributed by atoms with E-state index in [0.717, 1.165) is 0 Å². The van der Waals surface area contributed by atoms with Crippen LogP contribution in [0.5, 0.6) is 0 Å². The van der Waals surface area contributed by atoms with Gasteiger partial charge in [0.25, 0.3) is 0 Å². The highest BCUT2D eigenvalue weighted by atomic mass is 15.3. The third kappa shape index (κ3) is 1.69. The molecule has 1 fully saturated rings. The fourth-order valence-electron chi connectivity index (χ4n) is 2.53. The van der Waals surface area contributed by atoms with Crippen LogP contribution in [0.1, 0.15) is 30.0 Å². The molecule has 0 bridgehead atoms. The number of aromatic nitrogens is 2. The molecule has 2 rings (SSSR count). The molecule has 0 spiro atoms. The molecule has 0 radical (unpaired) electrons. The van der Waals surface area contributed by atoms with Crippen molar-refractivity contribution in [1.29, 1.82) is 0 Å². The topological polar surface area (TPSA) is 21.1 Å². The lowest BCUT2D eigenvalue weighted by Crippen LogP contribution is -2.32. The average molecular weight is 193 g/mol. The average Bonchev–Trinajstić information content (AvgIpc) is 2.46. The van der Waals surface area contributed by atoms with Crippen molar-refractivity contribution in [3.05, 3.63) is 17.5 Å². The van der Waals surface area contributed by atoms with Gasteiger partial charge in [-0.3, -0.25) is 4.68 Å². The second kappa shape index (κ2) is 3.73. The summed E-state index contributed by atoms with van der Waals surface area (Å²) in [6.45, 7) is 4.59. The summed E-state index contributed by atoms with van der Waals surface area (Å²) in [5, 5.41) is 4.31. The van der Waals surface area contributed by atoms with Gasteiger partial charge in [-0.05, 0) is 38.9 Å². The van der Waals surface area contributed by atoms with Gasteiger partial charge in [0, 0.05) is 25.2 Å². The van der Waals surface area contributed by atoms with Crippen LogP contribution in [0, 0.1) is 6.92 Å². The Hall–Kier alpha value is -0.830. The highest BCUT2D eigenvalue weighted by Gasteiger charge is 2.22. The van der Waals surface area contributed by atoms with Crippen molar-refractivity contribution in [2.75, 3.05) is 20.1 Å². The number of aryl methyl sites for hydroxylation is 2. The number of hydrogen-bond acceptors (Lipinski definition) is 2. The van der Waals surface area contributed by atoms with Gasteiger partial charge >= 0.3 is 0 Å². The van der Waals surface area contributed by atoms with Gasteiger partial charge in [-0.1, -0.05) is 0 Å². The maximum absolute atomic E-state index is 4.31. The predicted molar refractivity (Wildman–Crippen MR) is 57.4 cm³/mol. The summed E-state index contributed by atoms with van der Waals surface area (Å²) < 4.78 is 2.04. The van der Waals surface area contributed by atoms with Crippen LogP contribution in [0.2, 0.25) is 0 Å². The molecule has 0 amide bonds. The minimum absolute atomic E-state index is 0.682. The van der Waals surface area contributed by atoms with Crippen LogP contribution in [-0.2, 0) is 7.05 Å². The zero-order valence-electron chi connectivity index (χ0n) is 9.32. The molecule has 0 aliphatic carbocycles. The molecule has 1 saturated heterocycles. The lowest BCUT2D eigenvalue weighted by molar-refractivity contribution is 0.245. The van der Waals surface area contributed by atoms with E-state index in [4.69, 9.17) is 0 Å². The van der Waals surface area contributed by atoms with Gasteiger partial charge in [-0.2, -0.15) is 5.10 Å². The fourth-order valence-corrected chi connectivity index (χ4v) is 2.53. The van der Waals surface area contributed by atoms with Crippen molar-refractivity contribution >= 4 is 0 Å². The molecule has 0 aromatic carbocycles. The first kappa shape index (κ1) is 9.71. The molecule has 1 atom stereocenters. The van der Waals surface area contributed by atoms with E-state index in [0.29, 0.717) is 5.92 Å². The maximum Gasteiger partial charge on any atom is 0.0521 e. The summed E-state index contributed by atoms with van der Waals surface area (Å²) in [6.07, 6.45) is 4.60. The molecule has 0 N–H and O–H groups in total. The summed E-state index contributed by atoms with van der Waals surface area (Å²) in [7, 11) is 4.26. The Balaban J connectivity index is 2.21. The normalized spacial score (nSPS) is 24.1. The number of likely N-dealkylation sites (tertiary alicyclic amines) is 1. The van der Waals surface area contributed by atoms with Crippen molar-refractivity contribution in [2.24, 2.45) is 7.05 Å². The molecule has 1 aliphatic heterocycles. The van der Waals surface area contributed by atoms with Crippen molar-refractivity contribution in [2.45, 2.75) is 25.7 Å². The lowest BCUT2D eigenvalue weighted by Gasteiger charge is -2.30. The summed E-state index contributed by atoms with van der Waals surface area (Å²) in [6, 6.07) is 0. The Kier molecular flexibility index (Phi) is 2.59. The van der Waals surface area contributed by atoms with E-state index in [-0.39, 0.29) is 0 Å². The first-order valence-electron chi connectivity index (χ1n) is 5.35. The lowest BCUT2D eigenvalue weighted by atomic mass is 9.93. The van der Waals surface area contributed by atoms with Gasteiger partial charge in [0.05, 0.1) is 6.20 Å². The quantitative estimate of drug-likeness (QED) is 0.674. The Morgan fingerprint density at radius 2 is 2.21 bits per heavy atom. The van der Waals surface area contributed by atoms with Crippen LogP contribution in [0.15, 0.2) is 6.20 Å².